The molecule has 2 aliphatic heterocycles. The fourth-order valence-electron chi connectivity index (χ4n) is 3.67. The van der Waals surface area contributed by atoms with Gasteiger partial charge < -0.3 is 20.7 Å². The Labute approximate surface area is 128 Å². The molecule has 0 radical (unpaired) electrons. The highest BCUT2D eigenvalue weighted by molar-refractivity contribution is 5.80. The zero-order valence-electron chi connectivity index (χ0n) is 13.5. The van der Waals surface area contributed by atoms with Crippen LogP contribution in [-0.2, 0) is 9.53 Å². The number of hydrogen-bond donors (Lipinski definition) is 2. The summed E-state index contributed by atoms with van der Waals surface area (Å²) < 4.78 is 5.60. The first-order chi connectivity index (χ1) is 10.1. The second-order valence-corrected chi connectivity index (χ2v) is 6.91. The molecule has 122 valence electrons. The number of nitrogens with two attached hydrogens (primary N) is 1. The number of piperidine rings is 1. The Balaban J connectivity index is 1.58. The SMILES string of the molecule is CC1CC(C)CN(CCCNC(=O)[C@@H]2CC[C@H](CN)O2)C1. The minimum Gasteiger partial charge on any atom is -0.364 e. The Bertz CT molecular complexity index is 327. The lowest BCUT2D eigenvalue weighted by molar-refractivity contribution is -0.131. The third-order valence-corrected chi connectivity index (χ3v) is 4.56. The number of ether oxygens (including phenoxy) is 1. The number of nitrogens with one attached hydrogen (secondary N) is 1. The van der Waals surface area contributed by atoms with Crippen LogP contribution in [0.15, 0.2) is 0 Å². The summed E-state index contributed by atoms with van der Waals surface area (Å²) in [6.45, 7) is 9.38. The van der Waals surface area contributed by atoms with Crippen LogP contribution in [0.2, 0.25) is 0 Å². The molecule has 0 aromatic rings. The third-order valence-electron chi connectivity index (χ3n) is 4.56. The first kappa shape index (κ1) is 16.7. The van der Waals surface area contributed by atoms with Crippen molar-refractivity contribution in [3.05, 3.63) is 0 Å². The molecule has 2 aliphatic rings. The van der Waals surface area contributed by atoms with Gasteiger partial charge in [0.25, 0.3) is 0 Å². The molecule has 2 rings (SSSR count). The van der Waals surface area contributed by atoms with Crippen LogP contribution >= 0.6 is 0 Å². The molecule has 1 amide bonds. The minimum atomic E-state index is -0.284. The molecule has 2 fully saturated rings. The highest BCUT2D eigenvalue weighted by Gasteiger charge is 2.29. The summed E-state index contributed by atoms with van der Waals surface area (Å²) in [5.74, 6) is 1.62. The lowest BCUT2D eigenvalue weighted by Crippen LogP contribution is -2.41. The average molecular weight is 297 g/mol. The number of carbonyl (C=O) groups excluding carboxylic acids is 1. The highest BCUT2D eigenvalue weighted by atomic mass is 16.5. The Hall–Kier alpha value is -0.650. The van der Waals surface area contributed by atoms with Gasteiger partial charge in [-0.3, -0.25) is 4.79 Å². The van der Waals surface area contributed by atoms with Gasteiger partial charge in [-0.2, -0.15) is 0 Å². The van der Waals surface area contributed by atoms with Crippen molar-refractivity contribution in [2.75, 3.05) is 32.7 Å². The van der Waals surface area contributed by atoms with Gasteiger partial charge in [-0.1, -0.05) is 13.8 Å². The predicted octanol–water partition coefficient (Wildman–Crippen LogP) is 0.977. The van der Waals surface area contributed by atoms with Gasteiger partial charge in [0.1, 0.15) is 6.10 Å². The van der Waals surface area contributed by atoms with Gasteiger partial charge in [-0.05, 0) is 44.1 Å². The van der Waals surface area contributed by atoms with Gasteiger partial charge in [-0.25, -0.2) is 0 Å². The zero-order valence-corrected chi connectivity index (χ0v) is 13.5. The molecule has 2 unspecified atom stereocenters. The predicted molar refractivity (Wildman–Crippen MR) is 84.0 cm³/mol. The van der Waals surface area contributed by atoms with E-state index in [-0.39, 0.29) is 18.1 Å². The third kappa shape index (κ3) is 5.24. The van der Waals surface area contributed by atoms with Gasteiger partial charge in [0.15, 0.2) is 0 Å². The van der Waals surface area contributed by atoms with E-state index in [1.54, 1.807) is 0 Å². The van der Waals surface area contributed by atoms with Crippen LogP contribution in [0, 0.1) is 11.8 Å². The molecular formula is C16H31N3O2. The average Bonchev–Trinajstić information content (AvgIpc) is 2.91. The zero-order chi connectivity index (χ0) is 15.2. The molecule has 2 saturated heterocycles. The maximum atomic E-state index is 12.0. The summed E-state index contributed by atoms with van der Waals surface area (Å²) in [4.78, 5) is 14.5. The maximum Gasteiger partial charge on any atom is 0.249 e. The Morgan fingerprint density at radius 3 is 2.62 bits per heavy atom. The topological polar surface area (TPSA) is 67.6 Å². The van der Waals surface area contributed by atoms with Gasteiger partial charge in [0.05, 0.1) is 6.10 Å². The van der Waals surface area contributed by atoms with E-state index in [0.29, 0.717) is 6.54 Å². The second kappa shape index (κ2) is 8.11. The molecule has 0 saturated carbocycles. The van der Waals surface area contributed by atoms with Crippen molar-refractivity contribution in [3.8, 4) is 0 Å². The molecule has 0 spiro atoms. The summed E-state index contributed by atoms with van der Waals surface area (Å²) in [6, 6.07) is 0. The number of carbonyl (C=O) groups is 1. The van der Waals surface area contributed by atoms with Crippen molar-refractivity contribution in [2.45, 2.75) is 51.7 Å². The lowest BCUT2D eigenvalue weighted by Gasteiger charge is -2.34. The molecule has 0 aromatic heterocycles. The molecule has 5 nitrogen and oxygen atoms in total. The largest absolute Gasteiger partial charge is 0.364 e. The molecule has 0 aliphatic carbocycles. The Morgan fingerprint density at radius 2 is 2.00 bits per heavy atom. The molecule has 3 N–H and O–H groups in total. The molecule has 0 aromatic carbocycles. The second-order valence-electron chi connectivity index (χ2n) is 6.91. The molecule has 21 heavy (non-hydrogen) atoms. The van der Waals surface area contributed by atoms with Crippen LogP contribution in [0.4, 0.5) is 0 Å². The van der Waals surface area contributed by atoms with Crippen LogP contribution in [0.5, 0.6) is 0 Å². The van der Waals surface area contributed by atoms with Gasteiger partial charge in [0.2, 0.25) is 5.91 Å². The van der Waals surface area contributed by atoms with E-state index in [0.717, 1.165) is 44.2 Å². The Morgan fingerprint density at radius 1 is 1.29 bits per heavy atom. The quantitative estimate of drug-likeness (QED) is 0.717. The van der Waals surface area contributed by atoms with E-state index in [1.165, 1.54) is 19.5 Å². The molecule has 5 heteroatoms. The number of likely N-dealkylation sites (tertiary alicyclic amines) is 1. The summed E-state index contributed by atoms with van der Waals surface area (Å²) >= 11 is 0. The number of rotatable bonds is 6. The summed E-state index contributed by atoms with van der Waals surface area (Å²) in [7, 11) is 0. The standard InChI is InChI=1S/C16H31N3O2/c1-12-8-13(2)11-19(10-12)7-3-6-18-16(20)15-5-4-14(9-17)21-15/h12-15H,3-11,17H2,1-2H3,(H,18,20)/t12?,13?,14-,15+/m1/s1. The summed E-state index contributed by atoms with van der Waals surface area (Å²) in [5.41, 5.74) is 5.56. The van der Waals surface area contributed by atoms with Crippen molar-refractivity contribution in [1.82, 2.24) is 10.2 Å². The number of hydrogen-bond acceptors (Lipinski definition) is 4. The summed E-state index contributed by atoms with van der Waals surface area (Å²) in [5, 5.41) is 3.00. The maximum absolute atomic E-state index is 12.0. The van der Waals surface area contributed by atoms with Crippen molar-refractivity contribution in [1.29, 1.82) is 0 Å². The minimum absolute atomic E-state index is 0.0336. The van der Waals surface area contributed by atoms with Gasteiger partial charge in [0, 0.05) is 26.2 Å². The van der Waals surface area contributed by atoms with Crippen molar-refractivity contribution >= 4 is 5.91 Å². The monoisotopic (exact) mass is 297 g/mol. The first-order valence-corrected chi connectivity index (χ1v) is 8.44. The summed E-state index contributed by atoms with van der Waals surface area (Å²) in [6.07, 6.45) is 3.84. The van der Waals surface area contributed by atoms with Crippen LogP contribution < -0.4 is 11.1 Å². The highest BCUT2D eigenvalue weighted by Crippen LogP contribution is 2.21. The van der Waals surface area contributed by atoms with E-state index in [2.05, 4.69) is 24.1 Å². The van der Waals surface area contributed by atoms with E-state index in [9.17, 15) is 4.79 Å². The fourth-order valence-corrected chi connectivity index (χ4v) is 3.67. The number of amides is 1. The molecule has 4 atom stereocenters. The van der Waals surface area contributed by atoms with E-state index in [4.69, 9.17) is 10.5 Å². The molecule has 2 heterocycles. The first-order valence-electron chi connectivity index (χ1n) is 8.44. The van der Waals surface area contributed by atoms with Gasteiger partial charge in [-0.15, -0.1) is 0 Å². The van der Waals surface area contributed by atoms with E-state index >= 15 is 0 Å². The van der Waals surface area contributed by atoms with Gasteiger partial charge >= 0.3 is 0 Å². The van der Waals surface area contributed by atoms with Crippen molar-refractivity contribution in [3.63, 3.8) is 0 Å². The fraction of sp³-hybridized carbons (Fsp3) is 0.938. The van der Waals surface area contributed by atoms with Crippen LogP contribution in [0.1, 0.15) is 39.5 Å². The Kier molecular flexibility index (Phi) is 6.45. The van der Waals surface area contributed by atoms with Crippen LogP contribution in [0.25, 0.3) is 0 Å². The normalized spacial score (nSPS) is 34.0. The lowest BCUT2D eigenvalue weighted by atomic mass is 9.92. The van der Waals surface area contributed by atoms with Crippen LogP contribution in [-0.4, -0.2) is 55.7 Å². The van der Waals surface area contributed by atoms with E-state index in [1.807, 2.05) is 0 Å². The molecular weight excluding hydrogens is 266 g/mol. The number of nitrogens with zero attached hydrogens (tertiary/aromatic N) is 1. The van der Waals surface area contributed by atoms with E-state index < -0.39 is 0 Å². The molecule has 0 bridgehead atoms. The van der Waals surface area contributed by atoms with Crippen LogP contribution in [0.3, 0.4) is 0 Å². The van der Waals surface area contributed by atoms with Crippen molar-refractivity contribution in [2.24, 2.45) is 17.6 Å². The van der Waals surface area contributed by atoms with Crippen molar-refractivity contribution < 1.29 is 9.53 Å². The smallest absolute Gasteiger partial charge is 0.249 e.